The van der Waals surface area contributed by atoms with Crippen molar-refractivity contribution in [3.63, 3.8) is 0 Å². The van der Waals surface area contributed by atoms with Gasteiger partial charge in [0.05, 0.1) is 18.8 Å². The largest absolute Gasteiger partial charge is 0.332 e. The van der Waals surface area contributed by atoms with Crippen LogP contribution in [0.25, 0.3) is 11.2 Å². The minimum absolute atomic E-state index is 0.247. The number of anilines is 1. The number of halogens is 2. The Morgan fingerprint density at radius 2 is 1.81 bits per heavy atom. The first kappa shape index (κ1) is 20.2. The van der Waals surface area contributed by atoms with Crippen molar-refractivity contribution in [2.24, 2.45) is 19.2 Å². The van der Waals surface area contributed by atoms with Gasteiger partial charge < -0.3 is 0 Å². The molecule has 3 heterocycles. The molecule has 0 aliphatic carbocycles. The fourth-order valence-corrected chi connectivity index (χ4v) is 4.07. The van der Waals surface area contributed by atoms with Crippen molar-refractivity contribution in [2.75, 3.05) is 5.01 Å². The molecular formula is C22H18ClFN6O2. The van der Waals surface area contributed by atoms with E-state index in [2.05, 4.69) is 4.98 Å². The molecule has 8 nitrogen and oxygen atoms in total. The number of rotatable bonds is 3. The lowest BCUT2D eigenvalue weighted by Crippen LogP contribution is -2.38. The monoisotopic (exact) mass is 452 g/mol. The van der Waals surface area contributed by atoms with Crippen LogP contribution in [-0.2, 0) is 27.2 Å². The van der Waals surface area contributed by atoms with Crippen LogP contribution in [0.4, 0.5) is 10.3 Å². The lowest BCUT2D eigenvalue weighted by atomic mass is 10.1. The van der Waals surface area contributed by atoms with Crippen LogP contribution in [-0.4, -0.2) is 24.4 Å². The summed E-state index contributed by atoms with van der Waals surface area (Å²) in [5.41, 5.74) is 1.92. The van der Waals surface area contributed by atoms with Crippen molar-refractivity contribution in [1.82, 2.24) is 18.7 Å². The molecular weight excluding hydrogens is 435 g/mol. The van der Waals surface area contributed by atoms with Gasteiger partial charge in [0, 0.05) is 19.1 Å². The second kappa shape index (κ2) is 7.45. The van der Waals surface area contributed by atoms with E-state index >= 15 is 0 Å². The molecule has 0 saturated carbocycles. The summed E-state index contributed by atoms with van der Waals surface area (Å²) in [5, 5.41) is 7.01. The average Bonchev–Trinajstić information content (AvgIpc) is 3.17. The Morgan fingerprint density at radius 1 is 1.06 bits per heavy atom. The van der Waals surface area contributed by atoms with Gasteiger partial charge in [-0.1, -0.05) is 35.9 Å². The smallest absolute Gasteiger partial charge is 0.297 e. The van der Waals surface area contributed by atoms with Gasteiger partial charge in [0.15, 0.2) is 11.2 Å². The predicted octanol–water partition coefficient (Wildman–Crippen LogP) is 2.65. The number of hydrogen-bond donors (Lipinski definition) is 0. The zero-order chi connectivity index (χ0) is 22.6. The summed E-state index contributed by atoms with van der Waals surface area (Å²) in [6.45, 7) is 0.583. The predicted molar refractivity (Wildman–Crippen MR) is 121 cm³/mol. The molecule has 0 bridgehead atoms. The van der Waals surface area contributed by atoms with Crippen molar-refractivity contribution in [3.05, 3.63) is 91.3 Å². The molecule has 0 atom stereocenters. The Balaban J connectivity index is 1.73. The van der Waals surface area contributed by atoms with Crippen LogP contribution >= 0.6 is 11.6 Å². The minimum atomic E-state index is -0.459. The Bertz CT molecular complexity index is 1520. The van der Waals surface area contributed by atoms with Crippen LogP contribution < -0.4 is 16.3 Å². The summed E-state index contributed by atoms with van der Waals surface area (Å²) in [4.78, 5) is 30.0. The second-order valence-corrected chi connectivity index (χ2v) is 8.05. The van der Waals surface area contributed by atoms with Gasteiger partial charge in [0.25, 0.3) is 5.56 Å². The van der Waals surface area contributed by atoms with Gasteiger partial charge in [0.1, 0.15) is 5.82 Å². The number of nitrogens with zero attached hydrogens (tertiary/aromatic N) is 6. The molecule has 162 valence electrons. The number of hydrogen-bond acceptors (Lipinski definition) is 5. The zero-order valence-corrected chi connectivity index (χ0v) is 18.0. The molecule has 10 heteroatoms. The molecule has 0 spiro atoms. The number of aromatic nitrogens is 4. The van der Waals surface area contributed by atoms with E-state index in [1.165, 1.54) is 23.7 Å². The Hall–Kier alpha value is -3.72. The number of fused-ring (bicyclic) bond motifs is 3. The molecule has 32 heavy (non-hydrogen) atoms. The first-order chi connectivity index (χ1) is 15.3. The summed E-state index contributed by atoms with van der Waals surface area (Å²) in [5.74, 6) is 0.0859. The van der Waals surface area contributed by atoms with E-state index in [4.69, 9.17) is 16.7 Å². The molecule has 1 aliphatic heterocycles. The topological polar surface area (TPSA) is 77.4 Å². The van der Waals surface area contributed by atoms with Crippen LogP contribution in [0, 0.1) is 5.82 Å². The van der Waals surface area contributed by atoms with Gasteiger partial charge in [-0.05, 0) is 35.4 Å². The van der Waals surface area contributed by atoms with Crippen molar-refractivity contribution in [2.45, 2.75) is 13.1 Å². The van der Waals surface area contributed by atoms with E-state index in [0.29, 0.717) is 28.7 Å². The molecule has 0 unspecified atom stereocenters. The van der Waals surface area contributed by atoms with Crippen LogP contribution in [0.15, 0.2) is 63.2 Å². The van der Waals surface area contributed by atoms with Gasteiger partial charge in [-0.15, -0.1) is 0 Å². The highest BCUT2D eigenvalue weighted by atomic mass is 35.5. The molecule has 5 rings (SSSR count). The lowest BCUT2D eigenvalue weighted by molar-refractivity contribution is 0.627. The highest BCUT2D eigenvalue weighted by Gasteiger charge is 2.28. The number of aryl methyl sites for hydroxylation is 1. The van der Waals surface area contributed by atoms with E-state index in [-0.39, 0.29) is 18.0 Å². The van der Waals surface area contributed by atoms with Crippen molar-refractivity contribution >= 4 is 34.4 Å². The normalized spacial score (nSPS) is 13.4. The van der Waals surface area contributed by atoms with Crippen LogP contribution in [0.5, 0.6) is 0 Å². The first-order valence-electron chi connectivity index (χ1n) is 9.85. The number of benzene rings is 2. The first-order valence-corrected chi connectivity index (χ1v) is 10.2. The quantitative estimate of drug-likeness (QED) is 0.479. The maximum Gasteiger partial charge on any atom is 0.332 e. The highest BCUT2D eigenvalue weighted by molar-refractivity contribution is 6.30. The third kappa shape index (κ3) is 3.21. The average molecular weight is 453 g/mol. The molecule has 2 aromatic carbocycles. The third-order valence-electron chi connectivity index (χ3n) is 5.51. The maximum absolute atomic E-state index is 13.5. The van der Waals surface area contributed by atoms with Crippen LogP contribution in [0.2, 0.25) is 5.02 Å². The third-order valence-corrected chi connectivity index (χ3v) is 5.74. The molecule has 0 saturated heterocycles. The number of imidazole rings is 1. The highest BCUT2D eigenvalue weighted by Crippen LogP contribution is 2.27. The number of hydrazone groups is 1. The Morgan fingerprint density at radius 3 is 2.53 bits per heavy atom. The lowest BCUT2D eigenvalue weighted by Gasteiger charge is -2.26. The fourth-order valence-electron chi connectivity index (χ4n) is 3.86. The van der Waals surface area contributed by atoms with Gasteiger partial charge >= 0.3 is 5.69 Å². The standard InChI is InChI=1S/C22H18ClFN6O2/c1-27-19-18(20(31)28(2)22(27)32)29-12-17(14-6-8-16(24)9-7-14)26-30(21(29)25-19)11-13-4-3-5-15(23)10-13/h3-10H,11-12H2,1-2H3. The van der Waals surface area contributed by atoms with Crippen molar-refractivity contribution in [1.29, 1.82) is 0 Å². The Kier molecular flexibility index (Phi) is 4.70. The van der Waals surface area contributed by atoms with Gasteiger partial charge in [-0.25, -0.2) is 14.2 Å². The van der Waals surface area contributed by atoms with Gasteiger partial charge in [-0.3, -0.25) is 18.5 Å². The molecule has 1 aliphatic rings. The van der Waals surface area contributed by atoms with E-state index in [1.54, 1.807) is 34.8 Å². The van der Waals surface area contributed by atoms with Gasteiger partial charge in [-0.2, -0.15) is 10.1 Å². The summed E-state index contributed by atoms with van der Waals surface area (Å²) in [6.07, 6.45) is 0. The minimum Gasteiger partial charge on any atom is -0.297 e. The van der Waals surface area contributed by atoms with Gasteiger partial charge in [0.2, 0.25) is 5.95 Å². The van der Waals surface area contributed by atoms with E-state index in [1.807, 2.05) is 18.2 Å². The van der Waals surface area contributed by atoms with Crippen LogP contribution in [0.1, 0.15) is 11.1 Å². The summed E-state index contributed by atoms with van der Waals surface area (Å²) in [7, 11) is 3.01. The molecule has 0 N–H and O–H groups in total. The maximum atomic E-state index is 13.5. The summed E-state index contributed by atoms with van der Waals surface area (Å²) in [6, 6.07) is 13.4. The molecule has 4 aromatic rings. The van der Waals surface area contributed by atoms with Crippen LogP contribution in [0.3, 0.4) is 0 Å². The van der Waals surface area contributed by atoms with Crippen molar-refractivity contribution in [3.8, 4) is 0 Å². The Labute approximate surface area is 186 Å². The molecule has 0 radical (unpaired) electrons. The fraction of sp³-hybridized carbons (Fsp3) is 0.182. The molecule has 2 aromatic heterocycles. The molecule has 0 amide bonds. The van der Waals surface area contributed by atoms with Crippen molar-refractivity contribution < 1.29 is 4.39 Å². The SMILES string of the molecule is Cn1c(=O)c2c(nc3n2CC(c2ccc(F)cc2)=NN3Cc2cccc(Cl)c2)n(C)c1=O. The van der Waals surface area contributed by atoms with E-state index in [9.17, 15) is 14.0 Å². The summed E-state index contributed by atoms with van der Waals surface area (Å²) < 4.78 is 17.6. The zero-order valence-electron chi connectivity index (χ0n) is 17.3. The second-order valence-electron chi connectivity index (χ2n) is 7.62. The van der Waals surface area contributed by atoms with E-state index < -0.39 is 11.2 Å². The van der Waals surface area contributed by atoms with E-state index in [0.717, 1.165) is 15.7 Å². The molecule has 0 fully saturated rings. The summed E-state index contributed by atoms with van der Waals surface area (Å²) >= 11 is 6.15.